The molecule has 1 atom stereocenters. The lowest BCUT2D eigenvalue weighted by molar-refractivity contribution is 0.773. The fourth-order valence-electron chi connectivity index (χ4n) is 8.86. The highest BCUT2D eigenvalue weighted by Gasteiger charge is 2.49. The molecule has 1 aliphatic heterocycles. The normalized spacial score (nSPS) is 16.3. The van der Waals surface area contributed by atoms with Crippen LogP contribution >= 0.6 is 11.8 Å². The van der Waals surface area contributed by atoms with Gasteiger partial charge in [0.25, 0.3) is 0 Å². The van der Waals surface area contributed by atoms with Crippen molar-refractivity contribution in [2.45, 2.75) is 15.2 Å². The standard InChI is InChI=1S/C45H26S/c1-3-17-37-31(13-1)34-15-5-9-27-11-7-19-40(43(27)34)45(37)38-18-4-2-14-32(38)36-25-29(22-24-39(36)45)30-21-23-33-35-16-6-10-28-12-8-20-41(44(28)35)46-42(33)26-30/h1-26H. The molecule has 1 heterocycles. The summed E-state index contributed by atoms with van der Waals surface area (Å²) >= 11 is 1.90. The van der Waals surface area contributed by atoms with Gasteiger partial charge in [0, 0.05) is 15.2 Å². The molecular formula is C45H26S. The highest BCUT2D eigenvalue weighted by atomic mass is 32.2. The Morgan fingerprint density at radius 3 is 1.65 bits per heavy atom. The largest absolute Gasteiger partial charge is 0.0888 e. The lowest BCUT2D eigenvalue weighted by atomic mass is 9.61. The summed E-state index contributed by atoms with van der Waals surface area (Å²) in [5.41, 5.74) is 15.7. The summed E-state index contributed by atoms with van der Waals surface area (Å²) in [4.78, 5) is 2.67. The summed E-state index contributed by atoms with van der Waals surface area (Å²) in [5.74, 6) is 0. The Bertz CT molecular complexity index is 2610. The van der Waals surface area contributed by atoms with E-state index in [1.54, 1.807) is 0 Å². The molecular weight excluding hydrogens is 573 g/mol. The smallest absolute Gasteiger partial charge is 0.0725 e. The topological polar surface area (TPSA) is 0 Å². The van der Waals surface area contributed by atoms with Gasteiger partial charge in [-0.25, -0.2) is 0 Å². The molecule has 8 aromatic rings. The van der Waals surface area contributed by atoms with Crippen LogP contribution in [0.2, 0.25) is 0 Å². The third kappa shape index (κ3) is 3.02. The van der Waals surface area contributed by atoms with Crippen LogP contribution in [0.1, 0.15) is 22.3 Å². The third-order valence-corrected chi connectivity index (χ3v) is 11.8. The van der Waals surface area contributed by atoms with Crippen molar-refractivity contribution in [1.29, 1.82) is 0 Å². The van der Waals surface area contributed by atoms with Gasteiger partial charge in [-0.3, -0.25) is 0 Å². The molecule has 1 heteroatoms. The molecule has 46 heavy (non-hydrogen) atoms. The second-order valence-corrected chi connectivity index (χ2v) is 13.9. The van der Waals surface area contributed by atoms with Crippen molar-refractivity contribution in [1.82, 2.24) is 0 Å². The first-order valence-corrected chi connectivity index (χ1v) is 16.8. The zero-order valence-electron chi connectivity index (χ0n) is 24.9. The van der Waals surface area contributed by atoms with Crippen molar-refractivity contribution in [3.63, 3.8) is 0 Å². The van der Waals surface area contributed by atoms with Crippen LogP contribution in [-0.2, 0) is 5.41 Å². The van der Waals surface area contributed by atoms with E-state index in [1.807, 2.05) is 11.8 Å². The summed E-state index contributed by atoms with van der Waals surface area (Å²) in [6.07, 6.45) is 0. The summed E-state index contributed by atoms with van der Waals surface area (Å²) in [6.45, 7) is 0. The zero-order chi connectivity index (χ0) is 30.0. The van der Waals surface area contributed by atoms with Crippen LogP contribution in [-0.4, -0.2) is 0 Å². The minimum atomic E-state index is -0.372. The average molecular weight is 599 g/mol. The SMILES string of the molecule is c1ccc2c(c1)-c1cc(-c3ccc4c(c3)Sc3cccc5cccc-4c35)ccc1C21c2ccccc2-c2cccc3cccc1c23. The van der Waals surface area contributed by atoms with Gasteiger partial charge in [-0.1, -0.05) is 151 Å². The van der Waals surface area contributed by atoms with Crippen LogP contribution in [0.25, 0.3) is 66.1 Å². The molecule has 8 aromatic carbocycles. The molecule has 0 amide bonds. The Hall–Kier alpha value is -5.37. The molecule has 11 rings (SSSR count). The molecule has 0 nitrogen and oxygen atoms in total. The van der Waals surface area contributed by atoms with E-state index in [0.29, 0.717) is 0 Å². The summed E-state index contributed by atoms with van der Waals surface area (Å²) in [5, 5.41) is 5.36. The predicted octanol–water partition coefficient (Wildman–Crippen LogP) is 12.1. The van der Waals surface area contributed by atoms with Gasteiger partial charge in [0.1, 0.15) is 0 Å². The first kappa shape index (κ1) is 24.9. The number of hydrogen-bond acceptors (Lipinski definition) is 1. The Morgan fingerprint density at radius 2 is 0.870 bits per heavy atom. The fraction of sp³-hybridized carbons (Fsp3) is 0.0222. The monoisotopic (exact) mass is 598 g/mol. The van der Waals surface area contributed by atoms with E-state index in [9.17, 15) is 0 Å². The van der Waals surface area contributed by atoms with Gasteiger partial charge in [-0.15, -0.1) is 0 Å². The molecule has 1 spiro atoms. The van der Waals surface area contributed by atoms with Gasteiger partial charge >= 0.3 is 0 Å². The van der Waals surface area contributed by atoms with Crippen LogP contribution < -0.4 is 0 Å². The van der Waals surface area contributed by atoms with E-state index in [0.717, 1.165) is 0 Å². The first-order valence-electron chi connectivity index (χ1n) is 16.0. The molecule has 0 radical (unpaired) electrons. The third-order valence-electron chi connectivity index (χ3n) is 10.7. The van der Waals surface area contributed by atoms with Gasteiger partial charge in [0.15, 0.2) is 0 Å². The van der Waals surface area contributed by atoms with E-state index in [1.165, 1.54) is 98.1 Å². The van der Waals surface area contributed by atoms with Crippen molar-refractivity contribution in [3.05, 3.63) is 180 Å². The van der Waals surface area contributed by atoms with Crippen LogP contribution in [0.4, 0.5) is 0 Å². The zero-order valence-corrected chi connectivity index (χ0v) is 25.7. The molecule has 1 unspecified atom stereocenters. The van der Waals surface area contributed by atoms with E-state index in [4.69, 9.17) is 0 Å². The predicted molar refractivity (Wildman–Crippen MR) is 193 cm³/mol. The Labute approximate surface area is 272 Å². The Balaban J connectivity index is 1.15. The quantitative estimate of drug-likeness (QED) is 0.181. The van der Waals surface area contributed by atoms with Crippen LogP contribution in [0.5, 0.6) is 0 Å². The minimum absolute atomic E-state index is 0.372. The average Bonchev–Trinajstić information content (AvgIpc) is 3.41. The van der Waals surface area contributed by atoms with Crippen LogP contribution in [0.15, 0.2) is 168 Å². The maximum absolute atomic E-state index is 2.45. The summed E-state index contributed by atoms with van der Waals surface area (Å²) in [6, 6.07) is 59.5. The van der Waals surface area contributed by atoms with E-state index < -0.39 is 0 Å². The molecule has 0 aromatic heterocycles. The van der Waals surface area contributed by atoms with Crippen molar-refractivity contribution < 1.29 is 0 Å². The molecule has 212 valence electrons. The van der Waals surface area contributed by atoms with Crippen LogP contribution in [0, 0.1) is 0 Å². The molecule has 0 saturated carbocycles. The van der Waals surface area contributed by atoms with Crippen molar-refractivity contribution in [2.24, 2.45) is 0 Å². The fourth-order valence-corrected chi connectivity index (χ4v) is 10.0. The Morgan fingerprint density at radius 1 is 0.326 bits per heavy atom. The maximum Gasteiger partial charge on any atom is 0.0725 e. The molecule has 0 N–H and O–H groups in total. The molecule has 2 aliphatic carbocycles. The number of rotatable bonds is 1. The summed E-state index contributed by atoms with van der Waals surface area (Å²) < 4.78 is 0. The lowest BCUT2D eigenvalue weighted by Gasteiger charge is -2.40. The highest BCUT2D eigenvalue weighted by Crippen LogP contribution is 2.62. The van der Waals surface area contributed by atoms with E-state index >= 15 is 0 Å². The van der Waals surface area contributed by atoms with Gasteiger partial charge in [0.05, 0.1) is 5.41 Å². The second kappa shape index (κ2) is 8.88. The van der Waals surface area contributed by atoms with Gasteiger partial charge in [-0.05, 0) is 101 Å². The number of hydrogen-bond donors (Lipinski definition) is 0. The second-order valence-electron chi connectivity index (χ2n) is 12.8. The molecule has 0 bridgehead atoms. The molecule has 0 fully saturated rings. The number of fused-ring (bicyclic) bond motifs is 11. The van der Waals surface area contributed by atoms with Crippen molar-refractivity contribution >= 4 is 33.3 Å². The highest BCUT2D eigenvalue weighted by molar-refractivity contribution is 7.99. The van der Waals surface area contributed by atoms with E-state index in [2.05, 4.69) is 158 Å². The van der Waals surface area contributed by atoms with Crippen LogP contribution in [0.3, 0.4) is 0 Å². The number of benzene rings is 8. The van der Waals surface area contributed by atoms with Gasteiger partial charge < -0.3 is 0 Å². The van der Waals surface area contributed by atoms with Crippen molar-refractivity contribution in [3.8, 4) is 44.5 Å². The minimum Gasteiger partial charge on any atom is -0.0888 e. The molecule has 3 aliphatic rings. The maximum atomic E-state index is 2.45. The lowest BCUT2D eigenvalue weighted by Crippen LogP contribution is -2.31. The van der Waals surface area contributed by atoms with Gasteiger partial charge in [0.2, 0.25) is 0 Å². The molecule has 0 saturated heterocycles. The van der Waals surface area contributed by atoms with E-state index in [-0.39, 0.29) is 5.41 Å². The first-order chi connectivity index (χ1) is 22.8. The Kier molecular flexibility index (Phi) is 4.80. The van der Waals surface area contributed by atoms with Crippen molar-refractivity contribution in [2.75, 3.05) is 0 Å². The summed E-state index contributed by atoms with van der Waals surface area (Å²) in [7, 11) is 0. The van der Waals surface area contributed by atoms with Gasteiger partial charge in [-0.2, -0.15) is 0 Å².